The van der Waals surface area contributed by atoms with E-state index in [-0.39, 0.29) is 22.9 Å². The third-order valence-electron chi connectivity index (χ3n) is 5.64. The van der Waals surface area contributed by atoms with E-state index >= 15 is 0 Å². The highest BCUT2D eigenvalue weighted by molar-refractivity contribution is 5.95. The van der Waals surface area contributed by atoms with Crippen LogP contribution in [0.15, 0.2) is 35.3 Å². The van der Waals surface area contributed by atoms with Crippen LogP contribution in [0.25, 0.3) is 0 Å². The molecule has 0 atom stereocenters. The molecule has 0 unspecified atom stereocenters. The van der Waals surface area contributed by atoms with Gasteiger partial charge in [0.05, 0.1) is 20.3 Å². The van der Waals surface area contributed by atoms with Crippen molar-refractivity contribution in [3.8, 4) is 17.6 Å². The first-order chi connectivity index (χ1) is 14.5. The van der Waals surface area contributed by atoms with E-state index in [9.17, 15) is 9.59 Å². The first-order valence-corrected chi connectivity index (χ1v) is 10.1. The van der Waals surface area contributed by atoms with Crippen molar-refractivity contribution < 1.29 is 14.3 Å². The molecule has 2 heterocycles. The Morgan fingerprint density at radius 2 is 1.87 bits per heavy atom. The van der Waals surface area contributed by atoms with Crippen LogP contribution in [0.5, 0.6) is 11.5 Å². The Hall–Kier alpha value is -3.27. The van der Waals surface area contributed by atoms with E-state index in [1.807, 2.05) is 24.3 Å². The summed E-state index contributed by atoms with van der Waals surface area (Å²) >= 11 is 0. The van der Waals surface area contributed by atoms with Gasteiger partial charge in [0.15, 0.2) is 11.5 Å². The minimum atomic E-state index is -0.275. The van der Waals surface area contributed by atoms with Crippen LogP contribution < -0.4 is 15.0 Å². The summed E-state index contributed by atoms with van der Waals surface area (Å²) < 4.78 is 12.2. The zero-order valence-electron chi connectivity index (χ0n) is 17.7. The number of carbonyl (C=O) groups excluding carboxylic acids is 1. The molecule has 158 valence electrons. The SMILES string of the molecule is COc1ccc(CCn2ccc(C)c(C(=O)N3CCC(C#N)CC3)c2=O)cc1OC. The lowest BCUT2D eigenvalue weighted by Crippen LogP contribution is -2.42. The molecule has 0 bridgehead atoms. The number of rotatable bonds is 6. The van der Waals surface area contributed by atoms with Crippen LogP contribution in [0.1, 0.15) is 34.3 Å². The number of carbonyl (C=O) groups is 1. The summed E-state index contributed by atoms with van der Waals surface area (Å²) in [6.45, 7) is 3.26. The molecule has 1 aliphatic heterocycles. The second kappa shape index (κ2) is 9.49. The molecule has 2 aromatic rings. The molecule has 0 saturated carbocycles. The average Bonchev–Trinajstić information content (AvgIpc) is 2.78. The van der Waals surface area contributed by atoms with Crippen LogP contribution in [-0.4, -0.2) is 42.7 Å². The lowest BCUT2D eigenvalue weighted by Gasteiger charge is -2.29. The van der Waals surface area contributed by atoms with Gasteiger partial charge in [0.25, 0.3) is 11.5 Å². The van der Waals surface area contributed by atoms with E-state index in [0.717, 1.165) is 5.56 Å². The van der Waals surface area contributed by atoms with Gasteiger partial charge in [0.2, 0.25) is 0 Å². The number of pyridine rings is 1. The summed E-state index contributed by atoms with van der Waals surface area (Å²) in [5.41, 5.74) is 1.63. The van der Waals surface area contributed by atoms with E-state index < -0.39 is 0 Å². The van der Waals surface area contributed by atoms with Crippen molar-refractivity contribution in [3.63, 3.8) is 0 Å². The zero-order chi connectivity index (χ0) is 21.7. The van der Waals surface area contributed by atoms with Crippen molar-refractivity contribution in [1.82, 2.24) is 9.47 Å². The number of benzene rings is 1. The Bertz CT molecular complexity index is 1010. The number of nitrogens with zero attached hydrogens (tertiary/aromatic N) is 3. The number of hydrogen-bond donors (Lipinski definition) is 0. The Labute approximate surface area is 176 Å². The quantitative estimate of drug-likeness (QED) is 0.732. The predicted octanol–water partition coefficient (Wildman–Crippen LogP) is 2.79. The number of ether oxygens (including phenoxy) is 2. The van der Waals surface area contributed by atoms with Gasteiger partial charge >= 0.3 is 0 Å². The fourth-order valence-electron chi connectivity index (χ4n) is 3.76. The van der Waals surface area contributed by atoms with Crippen LogP contribution in [0, 0.1) is 24.2 Å². The lowest BCUT2D eigenvalue weighted by atomic mass is 9.97. The van der Waals surface area contributed by atoms with Crippen molar-refractivity contribution in [2.45, 2.75) is 32.7 Å². The van der Waals surface area contributed by atoms with Gasteiger partial charge in [0, 0.05) is 31.7 Å². The second-order valence-electron chi connectivity index (χ2n) is 7.51. The van der Waals surface area contributed by atoms with Gasteiger partial charge < -0.3 is 18.9 Å². The Balaban J connectivity index is 1.77. The Kier molecular flexibility index (Phi) is 6.78. The van der Waals surface area contributed by atoms with Gasteiger partial charge in [-0.3, -0.25) is 9.59 Å². The minimum Gasteiger partial charge on any atom is -0.493 e. The van der Waals surface area contributed by atoms with Crippen LogP contribution >= 0.6 is 0 Å². The van der Waals surface area contributed by atoms with Crippen molar-refractivity contribution in [3.05, 3.63) is 57.5 Å². The number of amides is 1. The summed E-state index contributed by atoms with van der Waals surface area (Å²) in [5, 5.41) is 9.05. The summed E-state index contributed by atoms with van der Waals surface area (Å²) in [4.78, 5) is 27.8. The summed E-state index contributed by atoms with van der Waals surface area (Å²) in [7, 11) is 3.17. The summed E-state index contributed by atoms with van der Waals surface area (Å²) in [5.74, 6) is 1.04. The highest BCUT2D eigenvalue weighted by atomic mass is 16.5. The zero-order valence-corrected chi connectivity index (χ0v) is 17.7. The minimum absolute atomic E-state index is 0.0101. The van der Waals surface area contributed by atoms with E-state index in [4.69, 9.17) is 14.7 Å². The van der Waals surface area contributed by atoms with Crippen LogP contribution in [0.2, 0.25) is 0 Å². The Morgan fingerprint density at radius 3 is 2.50 bits per heavy atom. The molecular formula is C23H27N3O4. The highest BCUT2D eigenvalue weighted by Crippen LogP contribution is 2.27. The summed E-state index contributed by atoms with van der Waals surface area (Å²) in [6.07, 6.45) is 3.66. The fraction of sp³-hybridized carbons (Fsp3) is 0.435. The van der Waals surface area contributed by atoms with E-state index in [1.54, 1.807) is 36.8 Å². The molecule has 1 aromatic heterocycles. The van der Waals surface area contributed by atoms with Gasteiger partial charge in [0.1, 0.15) is 5.56 Å². The number of nitriles is 1. The molecule has 0 aliphatic carbocycles. The average molecular weight is 409 g/mol. The van der Waals surface area contributed by atoms with Gasteiger partial charge in [-0.05, 0) is 55.5 Å². The first kappa shape index (κ1) is 21.4. The van der Waals surface area contributed by atoms with Crippen molar-refractivity contribution >= 4 is 5.91 Å². The molecule has 0 radical (unpaired) electrons. The molecule has 0 spiro atoms. The standard InChI is InChI=1S/C23H27N3O4/c1-16-6-10-25(11-7-17-4-5-19(29-2)20(14-17)30-3)22(27)21(16)23(28)26-12-8-18(15-24)9-13-26/h4-6,10,14,18H,7-9,11-13H2,1-3H3. The van der Waals surface area contributed by atoms with Crippen LogP contribution in [0.3, 0.4) is 0 Å². The molecule has 1 aromatic carbocycles. The number of methoxy groups -OCH3 is 2. The van der Waals surface area contributed by atoms with E-state index in [1.165, 1.54) is 0 Å². The molecule has 1 aliphatic rings. The maximum atomic E-state index is 13.1. The maximum Gasteiger partial charge on any atom is 0.263 e. The molecular weight excluding hydrogens is 382 g/mol. The number of aryl methyl sites for hydroxylation is 3. The highest BCUT2D eigenvalue weighted by Gasteiger charge is 2.26. The second-order valence-corrected chi connectivity index (χ2v) is 7.51. The normalized spacial score (nSPS) is 14.3. The predicted molar refractivity (Wildman–Crippen MR) is 113 cm³/mol. The van der Waals surface area contributed by atoms with Gasteiger partial charge in [-0.25, -0.2) is 0 Å². The lowest BCUT2D eigenvalue weighted by molar-refractivity contribution is 0.0704. The molecule has 0 N–H and O–H groups in total. The molecule has 3 rings (SSSR count). The van der Waals surface area contributed by atoms with Crippen molar-refractivity contribution in [2.24, 2.45) is 5.92 Å². The summed E-state index contributed by atoms with van der Waals surface area (Å²) in [6, 6.07) is 9.74. The van der Waals surface area contributed by atoms with Crippen molar-refractivity contribution in [2.75, 3.05) is 27.3 Å². The largest absolute Gasteiger partial charge is 0.493 e. The Morgan fingerprint density at radius 1 is 1.17 bits per heavy atom. The van der Waals surface area contributed by atoms with Crippen LogP contribution in [-0.2, 0) is 13.0 Å². The van der Waals surface area contributed by atoms with Crippen molar-refractivity contribution in [1.29, 1.82) is 5.26 Å². The van der Waals surface area contributed by atoms with Gasteiger partial charge in [-0.1, -0.05) is 6.07 Å². The third kappa shape index (κ3) is 4.48. The number of hydrogen-bond acceptors (Lipinski definition) is 5. The first-order valence-electron chi connectivity index (χ1n) is 10.1. The molecule has 1 amide bonds. The third-order valence-corrected chi connectivity index (χ3v) is 5.64. The molecule has 1 saturated heterocycles. The van der Waals surface area contributed by atoms with Gasteiger partial charge in [-0.15, -0.1) is 0 Å². The number of aromatic nitrogens is 1. The topological polar surface area (TPSA) is 84.6 Å². The maximum absolute atomic E-state index is 13.1. The molecule has 7 nitrogen and oxygen atoms in total. The molecule has 1 fully saturated rings. The smallest absolute Gasteiger partial charge is 0.263 e. The molecule has 30 heavy (non-hydrogen) atoms. The fourth-order valence-corrected chi connectivity index (χ4v) is 3.76. The van der Waals surface area contributed by atoms with Gasteiger partial charge in [-0.2, -0.15) is 5.26 Å². The van der Waals surface area contributed by atoms with Crippen LogP contribution in [0.4, 0.5) is 0 Å². The van der Waals surface area contributed by atoms with E-state index in [2.05, 4.69) is 6.07 Å². The number of piperidine rings is 1. The van der Waals surface area contributed by atoms with E-state index in [0.29, 0.717) is 56.0 Å². The molecule has 7 heteroatoms. The monoisotopic (exact) mass is 409 g/mol. The number of likely N-dealkylation sites (tertiary alicyclic amines) is 1.